The van der Waals surface area contributed by atoms with Crippen molar-refractivity contribution in [1.82, 2.24) is 15.3 Å². The highest BCUT2D eigenvalue weighted by Crippen LogP contribution is 2.37. The minimum atomic E-state index is -0.259. The van der Waals surface area contributed by atoms with Gasteiger partial charge < -0.3 is 19.5 Å². The van der Waals surface area contributed by atoms with Crippen LogP contribution in [0.4, 0.5) is 0 Å². The second-order valence-corrected chi connectivity index (χ2v) is 7.82. The molecule has 0 spiro atoms. The average molecular weight is 433 g/mol. The second-order valence-electron chi connectivity index (χ2n) is 6.96. The number of para-hydroxylation sites is 2. The Morgan fingerprint density at radius 1 is 1.10 bits per heavy atom. The number of nitrogens with zero attached hydrogens (tertiary/aromatic N) is 2. The number of ether oxygens (including phenoxy) is 3. The smallest absolute Gasteiger partial charge is 0.258 e. The summed E-state index contributed by atoms with van der Waals surface area (Å²) >= 11 is 1.52. The van der Waals surface area contributed by atoms with Gasteiger partial charge in [-0.25, -0.2) is 9.97 Å². The van der Waals surface area contributed by atoms with E-state index in [2.05, 4.69) is 15.3 Å². The molecule has 5 rings (SSSR count). The molecule has 3 heterocycles. The Balaban J connectivity index is 1.22. The summed E-state index contributed by atoms with van der Waals surface area (Å²) in [6.07, 6.45) is 1.19. The molecule has 4 aromatic rings. The molecule has 2 aromatic carbocycles. The number of carbonyl (C=O) groups excluding carboxylic acids is 1. The third kappa shape index (κ3) is 4.15. The van der Waals surface area contributed by atoms with Gasteiger partial charge >= 0.3 is 0 Å². The van der Waals surface area contributed by atoms with E-state index in [1.807, 2.05) is 60.0 Å². The second kappa shape index (κ2) is 8.61. The van der Waals surface area contributed by atoms with Crippen LogP contribution in [0.1, 0.15) is 0 Å². The zero-order valence-electron chi connectivity index (χ0n) is 16.5. The van der Waals surface area contributed by atoms with Gasteiger partial charge in [-0.2, -0.15) is 0 Å². The van der Waals surface area contributed by atoms with Crippen LogP contribution in [-0.4, -0.2) is 41.7 Å². The van der Waals surface area contributed by atoms with E-state index in [1.165, 1.54) is 17.7 Å². The van der Waals surface area contributed by atoms with Crippen LogP contribution in [0.5, 0.6) is 17.4 Å². The molecule has 0 radical (unpaired) electrons. The van der Waals surface area contributed by atoms with Crippen LogP contribution in [0.2, 0.25) is 0 Å². The topological polar surface area (TPSA) is 82.6 Å². The molecule has 0 saturated heterocycles. The predicted molar refractivity (Wildman–Crippen MR) is 118 cm³/mol. The zero-order chi connectivity index (χ0) is 21.0. The number of carbonyl (C=O) groups is 1. The molecule has 1 N–H and O–H groups in total. The van der Waals surface area contributed by atoms with Gasteiger partial charge in [0.1, 0.15) is 23.9 Å². The van der Waals surface area contributed by atoms with Crippen molar-refractivity contribution in [3.05, 3.63) is 66.3 Å². The molecule has 1 aliphatic heterocycles. The lowest BCUT2D eigenvalue weighted by molar-refractivity contribution is -0.123. The van der Waals surface area contributed by atoms with Crippen molar-refractivity contribution in [2.45, 2.75) is 6.10 Å². The number of aromatic nitrogens is 2. The van der Waals surface area contributed by atoms with Crippen molar-refractivity contribution in [3.63, 3.8) is 0 Å². The fraction of sp³-hybridized carbons (Fsp3) is 0.174. The SMILES string of the molecule is O=C(COc1ncnc2scc(-c3ccccc3)c12)NC[C@H]1COc2ccccc2O1. The van der Waals surface area contributed by atoms with Crippen LogP contribution in [-0.2, 0) is 4.79 Å². The summed E-state index contributed by atoms with van der Waals surface area (Å²) in [4.78, 5) is 21.8. The minimum Gasteiger partial charge on any atom is -0.486 e. The molecule has 156 valence electrons. The fourth-order valence-corrected chi connectivity index (χ4v) is 4.27. The van der Waals surface area contributed by atoms with Gasteiger partial charge in [0.05, 0.1) is 11.9 Å². The summed E-state index contributed by atoms with van der Waals surface area (Å²) in [6.45, 7) is 0.545. The average Bonchev–Trinajstić information content (AvgIpc) is 3.27. The molecular formula is C23H19N3O4S. The number of benzene rings is 2. The van der Waals surface area contributed by atoms with Crippen molar-refractivity contribution in [3.8, 4) is 28.5 Å². The van der Waals surface area contributed by atoms with Crippen molar-refractivity contribution in [2.24, 2.45) is 0 Å². The Hall–Kier alpha value is -3.65. The normalized spacial score (nSPS) is 14.9. The number of amides is 1. The van der Waals surface area contributed by atoms with Gasteiger partial charge in [0.25, 0.3) is 5.91 Å². The number of hydrogen-bond donors (Lipinski definition) is 1. The lowest BCUT2D eigenvalue weighted by atomic mass is 10.1. The molecule has 0 fully saturated rings. The third-order valence-electron chi connectivity index (χ3n) is 4.85. The highest BCUT2D eigenvalue weighted by atomic mass is 32.1. The van der Waals surface area contributed by atoms with Crippen LogP contribution >= 0.6 is 11.3 Å². The number of thiophene rings is 1. The maximum absolute atomic E-state index is 12.4. The maximum atomic E-state index is 12.4. The highest BCUT2D eigenvalue weighted by molar-refractivity contribution is 7.17. The van der Waals surface area contributed by atoms with Crippen molar-refractivity contribution in [1.29, 1.82) is 0 Å². The summed E-state index contributed by atoms with van der Waals surface area (Å²) in [5.41, 5.74) is 2.04. The Morgan fingerprint density at radius 2 is 1.90 bits per heavy atom. The minimum absolute atomic E-state index is 0.152. The molecule has 7 nitrogen and oxygen atoms in total. The predicted octanol–water partition coefficient (Wildman–Crippen LogP) is 3.69. The van der Waals surface area contributed by atoms with Crippen molar-refractivity contribution < 1.29 is 19.0 Å². The van der Waals surface area contributed by atoms with Gasteiger partial charge in [0, 0.05) is 10.9 Å². The van der Waals surface area contributed by atoms with Crippen LogP contribution in [0.15, 0.2) is 66.3 Å². The molecule has 1 atom stereocenters. The van der Waals surface area contributed by atoms with Gasteiger partial charge in [0.2, 0.25) is 5.88 Å². The first-order chi connectivity index (χ1) is 15.3. The number of hydrogen-bond acceptors (Lipinski definition) is 7. The molecule has 1 aliphatic rings. The lowest BCUT2D eigenvalue weighted by Gasteiger charge is -2.26. The van der Waals surface area contributed by atoms with Crippen molar-refractivity contribution in [2.75, 3.05) is 19.8 Å². The highest BCUT2D eigenvalue weighted by Gasteiger charge is 2.21. The fourth-order valence-electron chi connectivity index (χ4n) is 3.36. The monoisotopic (exact) mass is 433 g/mol. The van der Waals surface area contributed by atoms with Crippen molar-refractivity contribution >= 4 is 27.5 Å². The molecule has 0 bridgehead atoms. The molecule has 0 unspecified atom stereocenters. The van der Waals surface area contributed by atoms with Crippen LogP contribution in [0, 0.1) is 0 Å². The van der Waals surface area contributed by atoms with Gasteiger partial charge in [0.15, 0.2) is 18.1 Å². The summed E-state index contributed by atoms with van der Waals surface area (Å²) < 4.78 is 17.3. The van der Waals surface area contributed by atoms with E-state index in [1.54, 1.807) is 0 Å². The van der Waals surface area contributed by atoms with Crippen LogP contribution in [0.3, 0.4) is 0 Å². The van der Waals surface area contributed by atoms with E-state index in [9.17, 15) is 4.79 Å². The number of fused-ring (bicyclic) bond motifs is 2. The molecule has 31 heavy (non-hydrogen) atoms. The van der Waals surface area contributed by atoms with E-state index >= 15 is 0 Å². The first-order valence-electron chi connectivity index (χ1n) is 9.83. The first-order valence-corrected chi connectivity index (χ1v) is 10.7. The van der Waals surface area contributed by atoms with E-state index in [0.717, 1.165) is 21.3 Å². The number of nitrogens with one attached hydrogen (secondary N) is 1. The van der Waals surface area contributed by atoms with E-state index < -0.39 is 0 Å². The van der Waals surface area contributed by atoms with Gasteiger partial charge in [-0.3, -0.25) is 4.79 Å². The molecule has 1 amide bonds. The molecule has 8 heteroatoms. The number of rotatable bonds is 6. The summed E-state index contributed by atoms with van der Waals surface area (Å²) in [6, 6.07) is 17.4. The first kappa shape index (κ1) is 19.3. The molecule has 2 aromatic heterocycles. The summed E-state index contributed by atoms with van der Waals surface area (Å²) in [7, 11) is 0. The molecule has 0 aliphatic carbocycles. The lowest BCUT2D eigenvalue weighted by Crippen LogP contribution is -2.42. The Labute approximate surface area is 182 Å². The summed E-state index contributed by atoms with van der Waals surface area (Å²) in [5, 5.41) is 5.67. The van der Waals surface area contributed by atoms with Gasteiger partial charge in [-0.05, 0) is 17.7 Å². The summed E-state index contributed by atoms with van der Waals surface area (Å²) in [5.74, 6) is 1.53. The standard InChI is InChI=1S/C23H19N3O4S/c27-20(24-10-16-11-28-18-8-4-5-9-19(18)30-16)12-29-22-21-17(15-6-2-1-3-7-15)13-31-23(21)26-14-25-22/h1-9,13-14,16H,10-12H2,(H,24,27)/t16-/m0/s1. The third-order valence-corrected chi connectivity index (χ3v) is 5.74. The van der Waals surface area contributed by atoms with Gasteiger partial charge in [-0.15, -0.1) is 11.3 Å². The van der Waals surface area contributed by atoms with E-state index in [-0.39, 0.29) is 18.6 Å². The van der Waals surface area contributed by atoms with Crippen LogP contribution < -0.4 is 19.5 Å². The zero-order valence-corrected chi connectivity index (χ0v) is 17.3. The quantitative estimate of drug-likeness (QED) is 0.499. The Morgan fingerprint density at radius 3 is 2.77 bits per heavy atom. The maximum Gasteiger partial charge on any atom is 0.258 e. The van der Waals surface area contributed by atoms with Gasteiger partial charge in [-0.1, -0.05) is 42.5 Å². The Kier molecular flexibility index (Phi) is 5.37. The van der Waals surface area contributed by atoms with Crippen LogP contribution in [0.25, 0.3) is 21.3 Å². The Bertz CT molecular complexity index is 1210. The largest absolute Gasteiger partial charge is 0.486 e. The molecule has 0 saturated carbocycles. The van der Waals surface area contributed by atoms with E-state index in [4.69, 9.17) is 14.2 Å². The molecular weight excluding hydrogens is 414 g/mol. The van der Waals surface area contributed by atoms with E-state index in [0.29, 0.717) is 30.5 Å².